The lowest BCUT2D eigenvalue weighted by Gasteiger charge is -2.18. The van der Waals surface area contributed by atoms with Crippen LogP contribution in [0.4, 0.5) is 5.82 Å². The van der Waals surface area contributed by atoms with Crippen molar-refractivity contribution in [2.24, 2.45) is 7.05 Å². The number of aryl methyl sites for hydroxylation is 1. The first-order chi connectivity index (χ1) is 16.3. The van der Waals surface area contributed by atoms with E-state index >= 15 is 0 Å². The summed E-state index contributed by atoms with van der Waals surface area (Å²) in [4.78, 5) is 28.1. The zero-order chi connectivity index (χ0) is 24.8. The number of hydrogen-bond acceptors (Lipinski definition) is 6. The number of benzene rings is 1. The molecule has 0 atom stereocenters. The number of pyridine rings is 1. The Kier molecular flexibility index (Phi) is 8.70. The van der Waals surface area contributed by atoms with E-state index in [-0.39, 0.29) is 17.0 Å². The van der Waals surface area contributed by atoms with Crippen molar-refractivity contribution in [1.82, 2.24) is 9.47 Å². The maximum Gasteiger partial charge on any atom is 0.270 e. The number of carbonyl (C=O) groups excluding carboxylic acids is 1. The number of amides is 1. The molecule has 0 saturated carbocycles. The van der Waals surface area contributed by atoms with Gasteiger partial charge < -0.3 is 5.32 Å². The standard InChI is InChI=1S/C26H30N4O2S2/c1-5-6-7-8-13-30-25(32)22(34-26(30)33)14-20-18(3)21(15-27)24(31)29(4)23(20)28-16-19-11-9-17(2)10-12-19/h9-12,14,28H,5-8,13,16H2,1-4H3/b22-14-. The van der Waals surface area contributed by atoms with Gasteiger partial charge in [-0.15, -0.1) is 0 Å². The van der Waals surface area contributed by atoms with Crippen molar-refractivity contribution >= 4 is 46.1 Å². The van der Waals surface area contributed by atoms with E-state index in [4.69, 9.17) is 12.2 Å². The molecule has 1 saturated heterocycles. The molecule has 1 aliphatic rings. The molecule has 34 heavy (non-hydrogen) atoms. The third-order valence-corrected chi connectivity index (χ3v) is 7.34. The fourth-order valence-electron chi connectivity index (χ4n) is 3.86. The predicted molar refractivity (Wildman–Crippen MR) is 144 cm³/mol. The quantitative estimate of drug-likeness (QED) is 0.291. The number of hydrogen-bond donors (Lipinski definition) is 1. The maximum atomic E-state index is 13.1. The van der Waals surface area contributed by atoms with E-state index in [0.717, 1.165) is 31.2 Å². The molecule has 1 fully saturated rings. The lowest BCUT2D eigenvalue weighted by atomic mass is 10.0. The van der Waals surface area contributed by atoms with E-state index in [0.29, 0.717) is 39.3 Å². The minimum atomic E-state index is -0.368. The number of unbranched alkanes of at least 4 members (excludes halogenated alkanes) is 3. The molecule has 1 aromatic heterocycles. The summed E-state index contributed by atoms with van der Waals surface area (Å²) in [6, 6.07) is 10.2. The molecule has 8 heteroatoms. The van der Waals surface area contributed by atoms with Crippen LogP contribution in [0.15, 0.2) is 34.0 Å². The fourth-order valence-corrected chi connectivity index (χ4v) is 5.15. The number of carbonyl (C=O) groups is 1. The van der Waals surface area contributed by atoms with E-state index in [1.165, 1.54) is 21.9 Å². The van der Waals surface area contributed by atoms with Gasteiger partial charge in [-0.2, -0.15) is 5.26 Å². The Morgan fingerprint density at radius 3 is 2.50 bits per heavy atom. The summed E-state index contributed by atoms with van der Waals surface area (Å²) in [7, 11) is 1.64. The number of nitrogens with zero attached hydrogens (tertiary/aromatic N) is 3. The molecule has 2 heterocycles. The van der Waals surface area contributed by atoms with Gasteiger partial charge in [-0.1, -0.05) is 80.0 Å². The number of nitriles is 1. The minimum Gasteiger partial charge on any atom is -0.367 e. The van der Waals surface area contributed by atoms with Gasteiger partial charge in [0.25, 0.3) is 11.5 Å². The summed E-state index contributed by atoms with van der Waals surface area (Å²) < 4.78 is 1.99. The number of anilines is 1. The summed E-state index contributed by atoms with van der Waals surface area (Å²) in [5, 5.41) is 13.0. The van der Waals surface area contributed by atoms with Gasteiger partial charge in [0.05, 0.1) is 4.91 Å². The summed E-state index contributed by atoms with van der Waals surface area (Å²) in [5.41, 5.74) is 3.13. The van der Waals surface area contributed by atoms with Crippen LogP contribution in [0.2, 0.25) is 0 Å². The maximum absolute atomic E-state index is 13.1. The van der Waals surface area contributed by atoms with Crippen LogP contribution in [0.1, 0.15) is 60.4 Å². The zero-order valence-corrected chi connectivity index (χ0v) is 21.7. The Morgan fingerprint density at radius 2 is 1.85 bits per heavy atom. The van der Waals surface area contributed by atoms with Crippen LogP contribution >= 0.6 is 24.0 Å². The van der Waals surface area contributed by atoms with Crippen molar-refractivity contribution in [2.75, 3.05) is 11.9 Å². The molecular weight excluding hydrogens is 464 g/mol. The van der Waals surface area contributed by atoms with Crippen molar-refractivity contribution in [3.63, 3.8) is 0 Å². The third kappa shape index (κ3) is 5.60. The van der Waals surface area contributed by atoms with Crippen molar-refractivity contribution in [3.05, 3.63) is 67.3 Å². The molecule has 0 unspecified atom stereocenters. The van der Waals surface area contributed by atoms with Gasteiger partial charge in [-0.05, 0) is 37.5 Å². The van der Waals surface area contributed by atoms with Crippen LogP contribution in [0.3, 0.4) is 0 Å². The predicted octanol–water partition coefficient (Wildman–Crippen LogP) is 5.27. The Morgan fingerprint density at radius 1 is 1.15 bits per heavy atom. The highest BCUT2D eigenvalue weighted by Gasteiger charge is 2.32. The van der Waals surface area contributed by atoms with E-state index in [9.17, 15) is 14.9 Å². The average molecular weight is 495 g/mol. The number of thioether (sulfide) groups is 1. The molecule has 0 spiro atoms. The second-order valence-corrected chi connectivity index (χ2v) is 10.1. The molecule has 1 aliphatic heterocycles. The molecular formula is C26H30N4O2S2. The second kappa shape index (κ2) is 11.5. The van der Waals surface area contributed by atoms with Crippen LogP contribution in [-0.4, -0.2) is 26.2 Å². The molecule has 0 bridgehead atoms. The van der Waals surface area contributed by atoms with Crippen molar-refractivity contribution < 1.29 is 4.79 Å². The van der Waals surface area contributed by atoms with Crippen LogP contribution in [-0.2, 0) is 18.4 Å². The average Bonchev–Trinajstić information content (AvgIpc) is 3.08. The van der Waals surface area contributed by atoms with Gasteiger partial charge in [-0.25, -0.2) is 0 Å². The molecule has 6 nitrogen and oxygen atoms in total. The molecule has 1 N–H and O–H groups in total. The monoisotopic (exact) mass is 494 g/mol. The molecule has 178 valence electrons. The van der Waals surface area contributed by atoms with Gasteiger partial charge in [0.15, 0.2) is 0 Å². The highest BCUT2D eigenvalue weighted by Crippen LogP contribution is 2.35. The summed E-state index contributed by atoms with van der Waals surface area (Å²) >= 11 is 6.75. The first-order valence-electron chi connectivity index (χ1n) is 11.5. The number of nitrogens with one attached hydrogen (secondary N) is 1. The Labute approximate surface area is 210 Å². The summed E-state index contributed by atoms with van der Waals surface area (Å²) in [6.45, 7) is 7.03. The highest BCUT2D eigenvalue weighted by atomic mass is 32.2. The largest absolute Gasteiger partial charge is 0.367 e. The smallest absolute Gasteiger partial charge is 0.270 e. The van der Waals surface area contributed by atoms with E-state index in [1.54, 1.807) is 24.9 Å². The minimum absolute atomic E-state index is 0.0738. The van der Waals surface area contributed by atoms with Gasteiger partial charge in [0.2, 0.25) is 0 Å². The zero-order valence-electron chi connectivity index (χ0n) is 20.1. The van der Waals surface area contributed by atoms with Gasteiger partial charge in [0, 0.05) is 25.7 Å². The molecule has 1 amide bonds. The van der Waals surface area contributed by atoms with E-state index in [1.807, 2.05) is 37.3 Å². The normalized spacial score (nSPS) is 14.7. The molecule has 2 aromatic rings. The van der Waals surface area contributed by atoms with Gasteiger partial charge >= 0.3 is 0 Å². The van der Waals surface area contributed by atoms with Gasteiger partial charge in [-0.3, -0.25) is 19.1 Å². The Hall–Kier alpha value is -2.89. The van der Waals surface area contributed by atoms with E-state index < -0.39 is 0 Å². The first kappa shape index (κ1) is 25.7. The topological polar surface area (TPSA) is 78.1 Å². The lowest BCUT2D eigenvalue weighted by Crippen LogP contribution is -2.29. The SMILES string of the molecule is CCCCCCN1C(=O)/C(=C/c2c(C)c(C#N)c(=O)n(C)c2NCc2ccc(C)cc2)SC1=S. The molecule has 0 aliphatic carbocycles. The second-order valence-electron chi connectivity index (χ2n) is 8.47. The Bertz CT molecular complexity index is 1220. The van der Waals surface area contributed by atoms with E-state index in [2.05, 4.69) is 12.2 Å². The highest BCUT2D eigenvalue weighted by molar-refractivity contribution is 8.26. The van der Waals surface area contributed by atoms with Crippen LogP contribution in [0.25, 0.3) is 6.08 Å². The van der Waals surface area contributed by atoms with Crippen LogP contribution < -0.4 is 10.9 Å². The number of rotatable bonds is 9. The first-order valence-corrected chi connectivity index (χ1v) is 12.7. The Balaban J connectivity index is 1.97. The number of aromatic nitrogens is 1. The summed E-state index contributed by atoms with van der Waals surface area (Å²) in [6.07, 6.45) is 6.00. The summed E-state index contributed by atoms with van der Waals surface area (Å²) in [5.74, 6) is 0.443. The van der Waals surface area contributed by atoms with Crippen molar-refractivity contribution in [2.45, 2.75) is 53.0 Å². The molecule has 3 rings (SSSR count). The molecule has 1 aromatic carbocycles. The van der Waals surface area contributed by atoms with Crippen LogP contribution in [0, 0.1) is 25.2 Å². The molecule has 0 radical (unpaired) electrons. The number of thiocarbonyl (C=S) groups is 1. The van der Waals surface area contributed by atoms with Crippen molar-refractivity contribution in [3.8, 4) is 6.07 Å². The van der Waals surface area contributed by atoms with Crippen molar-refractivity contribution in [1.29, 1.82) is 5.26 Å². The lowest BCUT2D eigenvalue weighted by molar-refractivity contribution is -0.122. The van der Waals surface area contributed by atoms with Crippen LogP contribution in [0.5, 0.6) is 0 Å². The fraction of sp³-hybridized carbons (Fsp3) is 0.385. The third-order valence-electron chi connectivity index (χ3n) is 5.96. The van der Waals surface area contributed by atoms with Gasteiger partial charge in [0.1, 0.15) is 21.8 Å².